The molecule has 0 heterocycles. The fraction of sp³-hybridized carbons (Fsp3) is 0.909. The largest absolute Gasteiger partial charge is 0.356 e. The highest BCUT2D eigenvalue weighted by atomic mass is 16.1. The molecule has 13 heavy (non-hydrogen) atoms. The van der Waals surface area contributed by atoms with Crippen molar-refractivity contribution in [2.75, 3.05) is 6.54 Å². The highest BCUT2D eigenvalue weighted by Crippen LogP contribution is 2.10. The molecule has 0 spiro atoms. The van der Waals surface area contributed by atoms with Crippen LogP contribution in [0.3, 0.4) is 0 Å². The normalized spacial score (nSPS) is 12.5. The lowest BCUT2D eigenvalue weighted by Crippen LogP contribution is -2.28. The zero-order valence-electron chi connectivity index (χ0n) is 9.23. The summed E-state index contributed by atoms with van der Waals surface area (Å²) in [6.45, 7) is 7.15. The van der Waals surface area contributed by atoms with Crippen molar-refractivity contribution in [2.24, 2.45) is 5.92 Å². The summed E-state index contributed by atoms with van der Waals surface area (Å²) in [5.41, 5.74) is 0. The van der Waals surface area contributed by atoms with Gasteiger partial charge in [0.25, 0.3) is 0 Å². The third kappa shape index (κ3) is 6.62. The number of rotatable bonds is 7. The first-order valence-electron chi connectivity index (χ1n) is 5.51. The number of nitrogens with one attached hydrogen (secondary N) is 1. The first-order valence-corrected chi connectivity index (χ1v) is 5.51. The lowest BCUT2D eigenvalue weighted by Gasteiger charge is -2.14. The van der Waals surface area contributed by atoms with Crippen LogP contribution in [0, 0.1) is 5.92 Å². The smallest absolute Gasteiger partial charge is 0.219 e. The van der Waals surface area contributed by atoms with Crippen molar-refractivity contribution >= 4 is 5.91 Å². The molecule has 0 aliphatic heterocycles. The van der Waals surface area contributed by atoms with Gasteiger partial charge in [-0.15, -0.1) is 0 Å². The predicted octanol–water partition coefficient (Wildman–Crippen LogP) is 2.73. The Morgan fingerprint density at radius 1 is 1.31 bits per heavy atom. The number of amides is 1. The quantitative estimate of drug-likeness (QED) is 0.649. The van der Waals surface area contributed by atoms with Gasteiger partial charge in [-0.05, 0) is 12.3 Å². The second-order valence-electron chi connectivity index (χ2n) is 3.57. The number of carbonyl (C=O) groups excluding carboxylic acids is 1. The van der Waals surface area contributed by atoms with Crippen LogP contribution in [0.1, 0.15) is 52.9 Å². The van der Waals surface area contributed by atoms with E-state index in [0.717, 1.165) is 6.54 Å². The summed E-state index contributed by atoms with van der Waals surface area (Å²) < 4.78 is 0. The lowest BCUT2D eigenvalue weighted by molar-refractivity contribution is -0.120. The Morgan fingerprint density at radius 2 is 2.00 bits per heavy atom. The van der Waals surface area contributed by atoms with Crippen molar-refractivity contribution in [3.63, 3.8) is 0 Å². The van der Waals surface area contributed by atoms with Crippen molar-refractivity contribution < 1.29 is 4.79 Å². The Morgan fingerprint density at radius 3 is 2.46 bits per heavy atom. The minimum Gasteiger partial charge on any atom is -0.356 e. The van der Waals surface area contributed by atoms with Gasteiger partial charge in [0.05, 0.1) is 0 Å². The van der Waals surface area contributed by atoms with Crippen LogP contribution in [0.2, 0.25) is 0 Å². The molecule has 0 aromatic heterocycles. The summed E-state index contributed by atoms with van der Waals surface area (Å²) >= 11 is 0. The molecule has 0 aliphatic carbocycles. The number of hydrogen-bond acceptors (Lipinski definition) is 1. The van der Waals surface area contributed by atoms with E-state index in [-0.39, 0.29) is 5.91 Å². The molecule has 0 bridgehead atoms. The molecule has 0 saturated heterocycles. The van der Waals surface area contributed by atoms with E-state index in [1.807, 2.05) is 6.92 Å². The average Bonchev–Trinajstić information content (AvgIpc) is 2.17. The molecule has 1 atom stereocenters. The maximum absolute atomic E-state index is 11.0. The Bertz CT molecular complexity index is 134. The van der Waals surface area contributed by atoms with Crippen LogP contribution in [0.25, 0.3) is 0 Å². The van der Waals surface area contributed by atoms with Crippen LogP contribution in [0.5, 0.6) is 0 Å². The van der Waals surface area contributed by atoms with E-state index >= 15 is 0 Å². The molecular formula is C11H23NO. The van der Waals surface area contributed by atoms with Crippen molar-refractivity contribution in [3.05, 3.63) is 0 Å². The SMILES string of the molecule is CCCCC(CC)CNC(=O)CC. The molecular weight excluding hydrogens is 162 g/mol. The van der Waals surface area contributed by atoms with Gasteiger partial charge in [0, 0.05) is 13.0 Å². The molecule has 0 radical (unpaired) electrons. The van der Waals surface area contributed by atoms with Crippen LogP contribution in [0.4, 0.5) is 0 Å². The topological polar surface area (TPSA) is 29.1 Å². The van der Waals surface area contributed by atoms with Crippen LogP contribution < -0.4 is 5.32 Å². The van der Waals surface area contributed by atoms with Gasteiger partial charge in [0.2, 0.25) is 5.91 Å². The van der Waals surface area contributed by atoms with E-state index in [2.05, 4.69) is 19.2 Å². The molecule has 0 aromatic carbocycles. The monoisotopic (exact) mass is 185 g/mol. The fourth-order valence-corrected chi connectivity index (χ4v) is 1.33. The van der Waals surface area contributed by atoms with Gasteiger partial charge < -0.3 is 5.32 Å². The average molecular weight is 185 g/mol. The van der Waals surface area contributed by atoms with E-state index in [1.165, 1.54) is 25.7 Å². The van der Waals surface area contributed by atoms with Gasteiger partial charge in [-0.2, -0.15) is 0 Å². The number of hydrogen-bond donors (Lipinski definition) is 1. The second-order valence-corrected chi connectivity index (χ2v) is 3.57. The predicted molar refractivity (Wildman–Crippen MR) is 56.6 cm³/mol. The second kappa shape index (κ2) is 8.09. The van der Waals surface area contributed by atoms with Crippen LogP contribution in [-0.2, 0) is 4.79 Å². The molecule has 78 valence electrons. The molecule has 1 unspecified atom stereocenters. The molecule has 0 saturated carbocycles. The van der Waals surface area contributed by atoms with Crippen LogP contribution in [-0.4, -0.2) is 12.5 Å². The van der Waals surface area contributed by atoms with Crippen molar-refractivity contribution in [1.82, 2.24) is 5.32 Å². The first-order chi connectivity index (χ1) is 6.24. The minimum atomic E-state index is 0.176. The summed E-state index contributed by atoms with van der Waals surface area (Å²) in [4.78, 5) is 11.0. The van der Waals surface area contributed by atoms with Crippen LogP contribution in [0.15, 0.2) is 0 Å². The summed E-state index contributed by atoms with van der Waals surface area (Å²) in [5, 5.41) is 2.95. The third-order valence-electron chi connectivity index (χ3n) is 2.45. The minimum absolute atomic E-state index is 0.176. The van der Waals surface area contributed by atoms with E-state index in [1.54, 1.807) is 0 Å². The lowest BCUT2D eigenvalue weighted by atomic mass is 9.99. The molecule has 2 nitrogen and oxygen atoms in total. The molecule has 1 N–H and O–H groups in total. The summed E-state index contributed by atoms with van der Waals surface area (Å²) in [7, 11) is 0. The molecule has 0 aliphatic rings. The fourth-order valence-electron chi connectivity index (χ4n) is 1.33. The Labute approximate surface area is 82.1 Å². The van der Waals surface area contributed by atoms with Gasteiger partial charge >= 0.3 is 0 Å². The van der Waals surface area contributed by atoms with E-state index in [4.69, 9.17) is 0 Å². The third-order valence-corrected chi connectivity index (χ3v) is 2.45. The summed E-state index contributed by atoms with van der Waals surface area (Å²) in [5.74, 6) is 0.852. The van der Waals surface area contributed by atoms with Crippen molar-refractivity contribution in [2.45, 2.75) is 52.9 Å². The highest BCUT2D eigenvalue weighted by Gasteiger charge is 2.06. The summed E-state index contributed by atoms with van der Waals surface area (Å²) in [6, 6.07) is 0. The van der Waals surface area contributed by atoms with E-state index in [9.17, 15) is 4.79 Å². The molecule has 0 rings (SSSR count). The van der Waals surface area contributed by atoms with Gasteiger partial charge in [-0.1, -0.05) is 40.0 Å². The van der Waals surface area contributed by atoms with Gasteiger partial charge in [-0.25, -0.2) is 0 Å². The maximum atomic E-state index is 11.0. The zero-order valence-corrected chi connectivity index (χ0v) is 9.23. The van der Waals surface area contributed by atoms with Gasteiger partial charge in [0.1, 0.15) is 0 Å². The summed E-state index contributed by atoms with van der Waals surface area (Å²) in [6.07, 6.45) is 5.55. The molecule has 0 aromatic rings. The van der Waals surface area contributed by atoms with E-state index < -0.39 is 0 Å². The number of carbonyl (C=O) groups is 1. The Kier molecular flexibility index (Phi) is 7.76. The maximum Gasteiger partial charge on any atom is 0.219 e. The first kappa shape index (κ1) is 12.5. The van der Waals surface area contributed by atoms with E-state index in [0.29, 0.717) is 12.3 Å². The molecule has 2 heteroatoms. The van der Waals surface area contributed by atoms with Gasteiger partial charge in [0.15, 0.2) is 0 Å². The van der Waals surface area contributed by atoms with Crippen molar-refractivity contribution in [3.8, 4) is 0 Å². The standard InChI is InChI=1S/C11H23NO/c1-4-7-8-10(5-2)9-12-11(13)6-3/h10H,4-9H2,1-3H3,(H,12,13). The number of unbranched alkanes of at least 4 members (excludes halogenated alkanes) is 1. The van der Waals surface area contributed by atoms with Gasteiger partial charge in [-0.3, -0.25) is 4.79 Å². The highest BCUT2D eigenvalue weighted by molar-refractivity contribution is 5.75. The molecule has 1 amide bonds. The Balaban J connectivity index is 3.52. The van der Waals surface area contributed by atoms with Crippen molar-refractivity contribution in [1.29, 1.82) is 0 Å². The van der Waals surface area contributed by atoms with Crippen LogP contribution >= 0.6 is 0 Å². The molecule has 0 fully saturated rings. The Hall–Kier alpha value is -0.530. The zero-order chi connectivity index (χ0) is 10.1.